The zero-order valence-electron chi connectivity index (χ0n) is 24.2. The van der Waals surface area contributed by atoms with Gasteiger partial charge in [-0.05, 0) is 6.92 Å². The minimum atomic E-state index is -2.31. The van der Waals surface area contributed by atoms with E-state index >= 15 is 0 Å². The Morgan fingerprint density at radius 2 is 1.78 bits per heavy atom. The lowest BCUT2D eigenvalue weighted by atomic mass is 9.72. The quantitative estimate of drug-likeness (QED) is 0.118. The molecule has 0 radical (unpaired) electrons. The molecule has 6 N–H and O–H groups in total. The van der Waals surface area contributed by atoms with Crippen LogP contribution in [0.2, 0.25) is 0 Å². The number of phenols is 2. The number of hydrogen-bond acceptors (Lipinski definition) is 12. The fraction of sp³-hybridized carbons (Fsp3) is 0.452. The smallest absolute Gasteiger partial charge is 0.407 e. The Bertz CT molecular complexity index is 1600. The summed E-state index contributed by atoms with van der Waals surface area (Å²) in [4.78, 5) is 55.2. The van der Waals surface area contributed by atoms with Crippen LogP contribution in [0.15, 0.2) is 24.3 Å². The van der Waals surface area contributed by atoms with Gasteiger partial charge in [-0.25, -0.2) is 11.4 Å². The Kier molecular flexibility index (Phi) is 8.92. The van der Waals surface area contributed by atoms with Crippen molar-refractivity contribution in [3.63, 3.8) is 0 Å². The number of alkyl carbamates (subject to hydrolysis) is 1. The van der Waals surface area contributed by atoms with Crippen molar-refractivity contribution in [2.24, 2.45) is 0 Å². The summed E-state index contributed by atoms with van der Waals surface area (Å²) in [6.45, 7) is 7.40. The molecular formula is C31H32N2O12. The molecule has 0 spiro atoms. The number of ketones is 3. The number of aliphatic hydroxyl groups excluding tert-OH is 2. The summed E-state index contributed by atoms with van der Waals surface area (Å²) in [5.74, 6) is -3.90. The first-order valence-corrected chi connectivity index (χ1v) is 14.3. The van der Waals surface area contributed by atoms with E-state index in [0.29, 0.717) is 6.42 Å². The average Bonchev–Trinajstić information content (AvgIpc) is 3.01. The number of fused-ring (bicyclic) bond motifs is 3. The molecule has 2 aliphatic carbocycles. The van der Waals surface area contributed by atoms with Crippen LogP contribution in [-0.2, 0) is 25.4 Å². The molecule has 6 atom stereocenters. The number of ether oxygens (including phenoxy) is 3. The van der Waals surface area contributed by atoms with Gasteiger partial charge in [-0.15, -0.1) is 0 Å². The first-order chi connectivity index (χ1) is 21.4. The number of aromatic hydroxyl groups is 2. The molecule has 0 aromatic heterocycles. The number of hydrogen-bond donors (Lipinski definition) is 6. The van der Waals surface area contributed by atoms with Crippen LogP contribution in [0.25, 0.3) is 4.85 Å². The summed E-state index contributed by atoms with van der Waals surface area (Å²) in [6.07, 6.45) is -6.59. The molecule has 0 bridgehead atoms. The second-order valence-electron chi connectivity index (χ2n) is 11.3. The molecule has 238 valence electrons. The van der Waals surface area contributed by atoms with Gasteiger partial charge in [0.25, 0.3) is 0 Å². The summed E-state index contributed by atoms with van der Waals surface area (Å²) in [5, 5.41) is 57.1. The number of nitrogens with zero attached hydrogens (tertiary/aromatic N) is 1. The van der Waals surface area contributed by atoms with Crippen LogP contribution in [0.5, 0.6) is 11.5 Å². The van der Waals surface area contributed by atoms with Gasteiger partial charge in [-0.2, -0.15) is 0 Å². The number of phenolic OH excluding ortho intramolecular Hbond substituents is 2. The number of aliphatic hydroxyl groups is 3. The van der Waals surface area contributed by atoms with Crippen molar-refractivity contribution in [2.45, 2.75) is 68.9 Å². The molecule has 5 rings (SSSR count). The number of carbonyl (C=O) groups is 4. The molecule has 2 aromatic carbocycles. The van der Waals surface area contributed by atoms with Crippen LogP contribution < -0.4 is 5.32 Å². The molecule has 1 heterocycles. The lowest BCUT2D eigenvalue weighted by Gasteiger charge is -2.42. The van der Waals surface area contributed by atoms with Gasteiger partial charge >= 0.3 is 6.09 Å². The molecule has 45 heavy (non-hydrogen) atoms. The van der Waals surface area contributed by atoms with Crippen LogP contribution in [-0.4, -0.2) is 98.9 Å². The largest absolute Gasteiger partial charge is 0.507 e. The van der Waals surface area contributed by atoms with Crippen molar-refractivity contribution in [3.8, 4) is 11.5 Å². The lowest BCUT2D eigenvalue weighted by Crippen LogP contribution is -2.56. The van der Waals surface area contributed by atoms with E-state index in [2.05, 4.69) is 10.2 Å². The fourth-order valence-electron chi connectivity index (χ4n) is 6.12. The molecule has 14 nitrogen and oxygen atoms in total. The van der Waals surface area contributed by atoms with Crippen LogP contribution in [0.4, 0.5) is 4.79 Å². The molecule has 0 unspecified atom stereocenters. The summed E-state index contributed by atoms with van der Waals surface area (Å²) >= 11 is 0. The number of Topliss-reactive ketones (excluding diaryl/α,β-unsaturated/α-hetero) is 1. The third-order valence-corrected chi connectivity index (χ3v) is 8.41. The fourth-order valence-corrected chi connectivity index (χ4v) is 6.12. The maximum absolute atomic E-state index is 13.5. The third kappa shape index (κ3) is 5.76. The van der Waals surface area contributed by atoms with Gasteiger partial charge in [-0.3, -0.25) is 14.4 Å². The van der Waals surface area contributed by atoms with E-state index in [1.807, 2.05) is 0 Å². The number of carbonyl (C=O) groups excluding carboxylic acids is 4. The first kappa shape index (κ1) is 32.0. The minimum Gasteiger partial charge on any atom is -0.507 e. The Morgan fingerprint density at radius 3 is 2.40 bits per heavy atom. The Morgan fingerprint density at radius 1 is 1.13 bits per heavy atom. The van der Waals surface area contributed by atoms with Crippen LogP contribution in [0.1, 0.15) is 75.3 Å². The van der Waals surface area contributed by atoms with Gasteiger partial charge in [0.05, 0.1) is 35.8 Å². The van der Waals surface area contributed by atoms with Gasteiger partial charge in [0.2, 0.25) is 6.54 Å². The zero-order valence-corrected chi connectivity index (χ0v) is 24.2. The Labute approximate surface area is 257 Å². The average molecular weight is 625 g/mol. The van der Waals surface area contributed by atoms with E-state index in [-0.39, 0.29) is 41.8 Å². The van der Waals surface area contributed by atoms with E-state index in [1.54, 1.807) is 6.07 Å². The van der Waals surface area contributed by atoms with E-state index in [1.165, 1.54) is 25.1 Å². The van der Waals surface area contributed by atoms with Crippen LogP contribution >= 0.6 is 0 Å². The molecular weight excluding hydrogens is 592 g/mol. The van der Waals surface area contributed by atoms with Crippen LogP contribution in [0.3, 0.4) is 0 Å². The van der Waals surface area contributed by atoms with E-state index < -0.39 is 102 Å². The first-order valence-electron chi connectivity index (χ1n) is 14.3. The summed E-state index contributed by atoms with van der Waals surface area (Å²) in [6, 6.07) is 4.93. The number of benzene rings is 2. The van der Waals surface area contributed by atoms with Crippen molar-refractivity contribution in [1.29, 1.82) is 0 Å². The van der Waals surface area contributed by atoms with Crippen molar-refractivity contribution in [3.05, 3.63) is 69.1 Å². The molecule has 1 aliphatic heterocycles. The maximum Gasteiger partial charge on any atom is 0.407 e. The molecule has 14 heteroatoms. The lowest BCUT2D eigenvalue weighted by molar-refractivity contribution is -0.249. The second kappa shape index (κ2) is 12.5. The summed E-state index contributed by atoms with van der Waals surface area (Å²) < 4.78 is 17.0. The van der Waals surface area contributed by atoms with Crippen LogP contribution in [0, 0.1) is 6.57 Å². The molecule has 0 saturated carbocycles. The second-order valence-corrected chi connectivity index (χ2v) is 11.3. The van der Waals surface area contributed by atoms with Crippen molar-refractivity contribution in [1.82, 2.24) is 5.32 Å². The SMILES string of the molecule is [C-]#[N+]CCCOC(=O)N[C@H]1C[C@H](O[C@H]2C[C@](O)(C(=O)CO)Cc3c(O)c4c(c(O)c32)C(=O)c2ccccc2C4=O)O[C@@H](C)[C@H]1O. The molecule has 1 amide bonds. The topological polar surface area (TPSA) is 214 Å². The maximum atomic E-state index is 13.5. The highest BCUT2D eigenvalue weighted by atomic mass is 16.7. The Hall–Kier alpha value is -4.39. The van der Waals surface area contributed by atoms with Gasteiger partial charge < -0.3 is 49.9 Å². The van der Waals surface area contributed by atoms with Crippen molar-refractivity contribution >= 4 is 23.4 Å². The van der Waals surface area contributed by atoms with E-state index in [0.717, 1.165) is 0 Å². The highest BCUT2D eigenvalue weighted by Crippen LogP contribution is 2.52. The number of amides is 1. The molecule has 1 saturated heterocycles. The van der Waals surface area contributed by atoms with Gasteiger partial charge in [0, 0.05) is 41.5 Å². The predicted octanol–water partition coefficient (Wildman–Crippen LogP) is 1.07. The van der Waals surface area contributed by atoms with Crippen molar-refractivity contribution in [2.75, 3.05) is 19.8 Å². The minimum absolute atomic E-state index is 0.00145. The standard InChI is InChI=1S/C31H32N2O12/c1-14-25(36)18(33-30(41)43-9-5-8-32-2)10-21(44-14)45-19-12-31(42,20(35)13-34)11-17-22(19)29(40)24-23(28(17)39)26(37)15-6-3-4-7-16(15)27(24)38/h3-4,6-7,14,18-19,21,25,34,36,39-40,42H,5,8-13H2,1H3,(H,33,41)/t14-,18-,19-,21-,25+,31-/m0/s1. The Balaban J connectivity index is 1.50. The summed E-state index contributed by atoms with van der Waals surface area (Å²) in [5.41, 5.74) is -3.63. The number of rotatable bonds is 8. The molecule has 1 fully saturated rings. The predicted molar refractivity (Wildman–Crippen MR) is 152 cm³/mol. The van der Waals surface area contributed by atoms with Gasteiger partial charge in [0.1, 0.15) is 36.4 Å². The summed E-state index contributed by atoms with van der Waals surface area (Å²) in [7, 11) is 0. The van der Waals surface area contributed by atoms with Crippen molar-refractivity contribution < 1.29 is 58.9 Å². The third-order valence-electron chi connectivity index (χ3n) is 8.41. The highest BCUT2D eigenvalue weighted by Gasteiger charge is 2.50. The monoisotopic (exact) mass is 624 g/mol. The van der Waals surface area contributed by atoms with E-state index in [9.17, 15) is 44.7 Å². The molecule has 2 aromatic rings. The molecule has 3 aliphatic rings. The van der Waals surface area contributed by atoms with Gasteiger partial charge in [-0.1, -0.05) is 24.3 Å². The zero-order chi connectivity index (χ0) is 32.6. The normalized spacial score (nSPS) is 27.0. The highest BCUT2D eigenvalue weighted by molar-refractivity contribution is 6.30. The number of nitrogens with one attached hydrogen (secondary N) is 1. The van der Waals surface area contributed by atoms with E-state index in [4.69, 9.17) is 20.8 Å². The van der Waals surface area contributed by atoms with Gasteiger partial charge in [0.15, 0.2) is 23.6 Å².